The summed E-state index contributed by atoms with van der Waals surface area (Å²) in [5, 5.41) is 2.62. The highest BCUT2D eigenvalue weighted by atomic mass is 16.6. The molecule has 1 aliphatic heterocycles. The monoisotopic (exact) mass is 598 g/mol. The van der Waals surface area contributed by atoms with Gasteiger partial charge in [-0.2, -0.15) is 0 Å². The Morgan fingerprint density at radius 1 is 1.02 bits per heavy atom. The van der Waals surface area contributed by atoms with Gasteiger partial charge in [0.2, 0.25) is 0 Å². The number of hydrogen-bond acceptors (Lipinski definition) is 7. The van der Waals surface area contributed by atoms with Crippen molar-refractivity contribution in [2.75, 3.05) is 44.2 Å². The molecule has 0 unspecified atom stereocenters. The number of H-pyrrole nitrogens is 1. The lowest BCUT2D eigenvalue weighted by Crippen LogP contribution is -2.47. The molecule has 0 aliphatic carbocycles. The quantitative estimate of drug-likeness (QED) is 0.238. The van der Waals surface area contributed by atoms with Gasteiger partial charge in [0.25, 0.3) is 5.91 Å². The van der Waals surface area contributed by atoms with Crippen molar-refractivity contribution in [3.8, 4) is 22.9 Å². The number of piperazine rings is 1. The van der Waals surface area contributed by atoms with Crippen LogP contribution in [-0.4, -0.2) is 72.2 Å². The third-order valence-electron chi connectivity index (χ3n) is 7.73. The number of rotatable bonds is 9. The predicted octanol–water partition coefficient (Wildman–Crippen LogP) is 5.32. The Labute approximate surface area is 258 Å². The standard InChI is InChI=1S/C34H42N6O4/c1-22(2)36-33(42)44-29-14-13-25(21-26(29)31(35)41)43-20-19-39-15-17-40(18-16-39)28-8-6-7-27-30(28)38-32(37-27)23-9-11-24(12-10-23)34(3,4)5/h6-14,21-22H,15-20H2,1-5H3,(H2,35,41)(H,36,42)(H,37,38). The van der Waals surface area contributed by atoms with E-state index in [4.69, 9.17) is 20.2 Å². The van der Waals surface area contributed by atoms with Crippen molar-refractivity contribution < 1.29 is 19.1 Å². The summed E-state index contributed by atoms with van der Waals surface area (Å²) < 4.78 is 11.2. The van der Waals surface area contributed by atoms with Crippen LogP contribution in [0.5, 0.6) is 11.5 Å². The number of aromatic amines is 1. The fourth-order valence-electron chi connectivity index (χ4n) is 5.29. The third kappa shape index (κ3) is 7.31. The number of para-hydroxylation sites is 1. The number of aromatic nitrogens is 2. The molecular formula is C34H42N6O4. The summed E-state index contributed by atoms with van der Waals surface area (Å²) in [5.41, 5.74) is 11.2. The van der Waals surface area contributed by atoms with Crippen LogP contribution < -0.4 is 25.4 Å². The zero-order valence-electron chi connectivity index (χ0n) is 26.1. The molecule has 1 aromatic heterocycles. The van der Waals surface area contributed by atoms with Crippen LogP contribution >= 0.6 is 0 Å². The number of imidazole rings is 1. The molecule has 10 nitrogen and oxygen atoms in total. The van der Waals surface area contributed by atoms with E-state index in [9.17, 15) is 9.59 Å². The van der Waals surface area contributed by atoms with E-state index < -0.39 is 12.0 Å². The van der Waals surface area contributed by atoms with E-state index in [1.807, 2.05) is 13.8 Å². The summed E-state index contributed by atoms with van der Waals surface area (Å²) in [6.07, 6.45) is -0.648. The molecule has 3 aromatic carbocycles. The van der Waals surface area contributed by atoms with Crippen LogP contribution in [0, 0.1) is 0 Å². The molecule has 0 radical (unpaired) electrons. The molecule has 10 heteroatoms. The molecule has 0 saturated carbocycles. The predicted molar refractivity (Wildman–Crippen MR) is 174 cm³/mol. The maximum Gasteiger partial charge on any atom is 0.412 e. The second kappa shape index (κ2) is 13.0. The first-order valence-corrected chi connectivity index (χ1v) is 15.1. The topological polar surface area (TPSA) is 126 Å². The average molecular weight is 599 g/mol. The number of carbonyl (C=O) groups excluding carboxylic acids is 2. The highest BCUT2D eigenvalue weighted by Gasteiger charge is 2.21. The largest absolute Gasteiger partial charge is 0.492 e. The molecule has 44 heavy (non-hydrogen) atoms. The van der Waals surface area contributed by atoms with Crippen molar-refractivity contribution in [2.24, 2.45) is 5.73 Å². The number of fused-ring (bicyclic) bond motifs is 1. The number of amides is 2. The van der Waals surface area contributed by atoms with Gasteiger partial charge < -0.3 is 30.4 Å². The molecule has 2 amide bonds. The van der Waals surface area contributed by atoms with Gasteiger partial charge in [-0.25, -0.2) is 9.78 Å². The molecule has 1 aliphatic rings. The van der Waals surface area contributed by atoms with Gasteiger partial charge in [0.1, 0.15) is 29.4 Å². The van der Waals surface area contributed by atoms with Crippen molar-refractivity contribution in [1.29, 1.82) is 0 Å². The lowest BCUT2D eigenvalue weighted by molar-refractivity contribution is 0.0997. The maximum absolute atomic E-state index is 12.0. The Hall–Kier alpha value is -4.57. The smallest absolute Gasteiger partial charge is 0.412 e. The summed E-state index contributed by atoms with van der Waals surface area (Å²) in [5.74, 6) is 0.762. The van der Waals surface area contributed by atoms with Crippen LogP contribution in [0.1, 0.15) is 50.5 Å². The summed E-state index contributed by atoms with van der Waals surface area (Å²) in [7, 11) is 0. The van der Waals surface area contributed by atoms with Gasteiger partial charge in [-0.15, -0.1) is 0 Å². The van der Waals surface area contributed by atoms with Crippen LogP contribution in [0.4, 0.5) is 10.5 Å². The SMILES string of the molecule is CC(C)NC(=O)Oc1ccc(OCCN2CCN(c3cccc4[nH]c(-c5ccc(C(C)(C)C)cc5)nc34)CC2)cc1C(N)=O. The lowest BCUT2D eigenvalue weighted by atomic mass is 9.87. The number of hydrogen-bond donors (Lipinski definition) is 3. The number of anilines is 1. The first-order chi connectivity index (χ1) is 21.0. The number of carbonyl (C=O) groups is 2. The van der Waals surface area contributed by atoms with Gasteiger partial charge in [-0.05, 0) is 55.2 Å². The summed E-state index contributed by atoms with van der Waals surface area (Å²) in [6.45, 7) is 15.0. The molecule has 0 atom stereocenters. The molecule has 1 saturated heterocycles. The maximum atomic E-state index is 12.0. The molecular weight excluding hydrogens is 556 g/mol. The Morgan fingerprint density at radius 3 is 2.41 bits per heavy atom. The van der Waals surface area contributed by atoms with Gasteiger partial charge in [0.15, 0.2) is 0 Å². The normalized spacial score (nSPS) is 14.2. The van der Waals surface area contributed by atoms with E-state index in [1.54, 1.807) is 6.07 Å². The summed E-state index contributed by atoms with van der Waals surface area (Å²) in [4.78, 5) is 37.2. The van der Waals surface area contributed by atoms with Crippen molar-refractivity contribution in [3.63, 3.8) is 0 Å². The summed E-state index contributed by atoms with van der Waals surface area (Å²) in [6, 6.07) is 19.5. The lowest BCUT2D eigenvalue weighted by Gasteiger charge is -2.36. The third-order valence-corrected chi connectivity index (χ3v) is 7.73. The first-order valence-electron chi connectivity index (χ1n) is 15.1. The Balaban J connectivity index is 1.16. The van der Waals surface area contributed by atoms with Crippen LogP contribution in [-0.2, 0) is 5.41 Å². The molecule has 2 heterocycles. The first kappa shape index (κ1) is 30.9. The molecule has 1 fully saturated rings. The van der Waals surface area contributed by atoms with Crippen LogP contribution in [0.3, 0.4) is 0 Å². The zero-order chi connectivity index (χ0) is 31.4. The molecule has 5 rings (SSSR count). The minimum absolute atomic E-state index is 0.0904. The fraction of sp³-hybridized carbons (Fsp3) is 0.382. The minimum atomic E-state index is -0.698. The van der Waals surface area contributed by atoms with Crippen molar-refractivity contribution in [3.05, 3.63) is 71.8 Å². The van der Waals surface area contributed by atoms with E-state index in [2.05, 4.69) is 83.3 Å². The Kier molecular flexibility index (Phi) is 9.10. The minimum Gasteiger partial charge on any atom is -0.492 e. The summed E-state index contributed by atoms with van der Waals surface area (Å²) >= 11 is 0. The van der Waals surface area contributed by atoms with E-state index in [0.717, 1.165) is 60.8 Å². The van der Waals surface area contributed by atoms with Crippen molar-refractivity contribution in [1.82, 2.24) is 20.2 Å². The number of nitrogens with one attached hydrogen (secondary N) is 2. The number of ether oxygens (including phenoxy) is 2. The van der Waals surface area contributed by atoms with E-state index in [1.165, 1.54) is 17.7 Å². The molecule has 232 valence electrons. The van der Waals surface area contributed by atoms with Gasteiger partial charge in [-0.3, -0.25) is 9.69 Å². The molecule has 4 aromatic rings. The van der Waals surface area contributed by atoms with Crippen LogP contribution in [0.25, 0.3) is 22.4 Å². The molecule has 0 spiro atoms. The van der Waals surface area contributed by atoms with Gasteiger partial charge >= 0.3 is 6.09 Å². The number of benzene rings is 3. The average Bonchev–Trinajstić information content (AvgIpc) is 3.42. The van der Waals surface area contributed by atoms with E-state index in [-0.39, 0.29) is 22.8 Å². The highest BCUT2D eigenvalue weighted by molar-refractivity contribution is 5.97. The number of nitrogens with zero attached hydrogens (tertiary/aromatic N) is 3. The van der Waals surface area contributed by atoms with Crippen molar-refractivity contribution >= 4 is 28.7 Å². The van der Waals surface area contributed by atoms with E-state index in [0.29, 0.717) is 12.4 Å². The Bertz CT molecular complexity index is 1620. The number of primary amides is 1. The number of nitrogens with two attached hydrogens (primary N) is 1. The van der Waals surface area contributed by atoms with Crippen LogP contribution in [0.2, 0.25) is 0 Å². The van der Waals surface area contributed by atoms with Gasteiger partial charge in [0, 0.05) is 44.3 Å². The molecule has 0 bridgehead atoms. The van der Waals surface area contributed by atoms with Crippen molar-refractivity contribution in [2.45, 2.75) is 46.1 Å². The van der Waals surface area contributed by atoms with Gasteiger partial charge in [0.05, 0.1) is 16.8 Å². The second-order valence-electron chi connectivity index (χ2n) is 12.5. The Morgan fingerprint density at radius 2 is 1.75 bits per heavy atom. The second-order valence-corrected chi connectivity index (χ2v) is 12.5. The van der Waals surface area contributed by atoms with E-state index >= 15 is 0 Å². The fourth-order valence-corrected chi connectivity index (χ4v) is 5.29. The van der Waals surface area contributed by atoms with Gasteiger partial charge in [-0.1, -0.05) is 51.1 Å². The molecule has 4 N–H and O–H groups in total. The van der Waals surface area contributed by atoms with Crippen LogP contribution in [0.15, 0.2) is 60.7 Å². The highest BCUT2D eigenvalue weighted by Crippen LogP contribution is 2.31. The zero-order valence-corrected chi connectivity index (χ0v) is 26.1.